The van der Waals surface area contributed by atoms with Crippen LogP contribution < -0.4 is 5.32 Å². The number of hydrogen-bond acceptors (Lipinski definition) is 3. The molecule has 0 radical (unpaired) electrons. The van der Waals surface area contributed by atoms with Crippen molar-refractivity contribution >= 4 is 17.8 Å². The van der Waals surface area contributed by atoms with Crippen molar-refractivity contribution in [2.75, 3.05) is 20.1 Å². The molecule has 0 bridgehead atoms. The highest BCUT2D eigenvalue weighted by molar-refractivity contribution is 6.02. The minimum atomic E-state index is -1.11. The lowest BCUT2D eigenvalue weighted by atomic mass is 10.1. The normalized spacial score (nSPS) is 10.2. The molecule has 0 aliphatic rings. The Balaban J connectivity index is 3.13. The van der Waals surface area contributed by atoms with Gasteiger partial charge < -0.3 is 20.3 Å². The molecule has 0 aromatic carbocycles. The molecule has 0 aliphatic carbocycles. The molecule has 7 nitrogen and oxygen atoms in total. The van der Waals surface area contributed by atoms with E-state index < -0.39 is 5.97 Å². The van der Waals surface area contributed by atoms with Crippen LogP contribution in [-0.2, 0) is 4.79 Å². The quantitative estimate of drug-likeness (QED) is 0.732. The molecular weight excluding hydrogens is 262 g/mol. The Labute approximate surface area is 117 Å². The number of carboxylic acid groups (broad SMARTS) is 1. The van der Waals surface area contributed by atoms with Crippen LogP contribution >= 0.6 is 0 Å². The standard InChI is InChI=1S/C13H19N3O4/c1-5-16(6-9(17)14-4)12(18)10-7(2)11(13(19)20)15-8(10)3/h15H,5-6H2,1-4H3,(H,14,17)(H,19,20). The molecule has 3 N–H and O–H groups in total. The molecule has 1 heterocycles. The topological polar surface area (TPSA) is 103 Å². The second kappa shape index (κ2) is 6.23. The van der Waals surface area contributed by atoms with Crippen LogP contribution in [0, 0.1) is 13.8 Å². The average Bonchev–Trinajstić information content (AvgIpc) is 2.70. The largest absolute Gasteiger partial charge is 0.477 e. The highest BCUT2D eigenvalue weighted by Crippen LogP contribution is 2.19. The number of aryl methyl sites for hydroxylation is 1. The van der Waals surface area contributed by atoms with Crippen LogP contribution in [0.2, 0.25) is 0 Å². The van der Waals surface area contributed by atoms with Crippen LogP contribution in [0.3, 0.4) is 0 Å². The number of aromatic carboxylic acids is 1. The van der Waals surface area contributed by atoms with Gasteiger partial charge in [-0.25, -0.2) is 4.79 Å². The number of aromatic nitrogens is 1. The molecule has 0 unspecified atom stereocenters. The molecule has 20 heavy (non-hydrogen) atoms. The van der Waals surface area contributed by atoms with Crippen molar-refractivity contribution in [3.63, 3.8) is 0 Å². The number of carboxylic acids is 1. The van der Waals surface area contributed by atoms with Crippen molar-refractivity contribution in [3.8, 4) is 0 Å². The Kier molecular flexibility index (Phi) is 4.90. The van der Waals surface area contributed by atoms with E-state index in [0.29, 0.717) is 23.4 Å². The first-order valence-corrected chi connectivity index (χ1v) is 6.25. The Hall–Kier alpha value is -2.31. The first kappa shape index (κ1) is 15.7. The second-order valence-corrected chi connectivity index (χ2v) is 4.42. The number of amides is 2. The number of likely N-dealkylation sites (N-methyl/N-ethyl adjacent to an activating group) is 2. The van der Waals surface area contributed by atoms with Crippen molar-refractivity contribution in [2.24, 2.45) is 0 Å². The Morgan fingerprint density at radius 2 is 1.90 bits per heavy atom. The van der Waals surface area contributed by atoms with Crippen molar-refractivity contribution < 1.29 is 19.5 Å². The van der Waals surface area contributed by atoms with E-state index in [1.165, 1.54) is 11.9 Å². The molecule has 0 saturated carbocycles. The number of carbonyl (C=O) groups excluding carboxylic acids is 2. The van der Waals surface area contributed by atoms with Gasteiger partial charge in [-0.1, -0.05) is 0 Å². The zero-order valence-electron chi connectivity index (χ0n) is 12.0. The highest BCUT2D eigenvalue weighted by atomic mass is 16.4. The van der Waals surface area contributed by atoms with Crippen LogP contribution in [0.1, 0.15) is 39.0 Å². The van der Waals surface area contributed by atoms with Gasteiger partial charge in [-0.3, -0.25) is 9.59 Å². The lowest BCUT2D eigenvalue weighted by Crippen LogP contribution is -2.39. The predicted molar refractivity (Wildman–Crippen MR) is 72.9 cm³/mol. The first-order valence-electron chi connectivity index (χ1n) is 6.25. The van der Waals surface area contributed by atoms with Crippen molar-refractivity contribution in [2.45, 2.75) is 20.8 Å². The van der Waals surface area contributed by atoms with Crippen LogP contribution in [0.25, 0.3) is 0 Å². The molecule has 2 amide bonds. The summed E-state index contributed by atoms with van der Waals surface area (Å²) >= 11 is 0. The molecule has 1 aromatic heterocycles. The summed E-state index contributed by atoms with van der Waals surface area (Å²) in [5.41, 5.74) is 1.19. The van der Waals surface area contributed by atoms with E-state index in [0.717, 1.165) is 0 Å². The van der Waals surface area contributed by atoms with E-state index in [9.17, 15) is 14.4 Å². The number of hydrogen-bond donors (Lipinski definition) is 3. The SMILES string of the molecule is CCN(CC(=O)NC)C(=O)c1c(C)[nH]c(C(=O)O)c1C. The molecule has 7 heteroatoms. The summed E-state index contributed by atoms with van der Waals surface area (Å²) in [6.45, 7) is 5.28. The molecule has 0 fully saturated rings. The van der Waals surface area contributed by atoms with E-state index in [2.05, 4.69) is 10.3 Å². The Morgan fingerprint density at radius 1 is 1.30 bits per heavy atom. The number of nitrogens with one attached hydrogen (secondary N) is 2. The molecule has 110 valence electrons. The number of H-pyrrole nitrogens is 1. The van der Waals surface area contributed by atoms with Crippen molar-refractivity contribution in [3.05, 3.63) is 22.5 Å². The van der Waals surface area contributed by atoms with Gasteiger partial charge in [0.2, 0.25) is 5.91 Å². The third-order valence-electron chi connectivity index (χ3n) is 3.15. The van der Waals surface area contributed by atoms with Crippen LogP contribution in [0.15, 0.2) is 0 Å². The summed E-state index contributed by atoms with van der Waals surface area (Å²) in [7, 11) is 1.50. The predicted octanol–water partition coefficient (Wildman–Crippen LogP) is 0.538. The van der Waals surface area contributed by atoms with Crippen LogP contribution in [0.5, 0.6) is 0 Å². The minimum Gasteiger partial charge on any atom is -0.477 e. The zero-order valence-corrected chi connectivity index (χ0v) is 12.0. The van der Waals surface area contributed by atoms with Crippen LogP contribution in [-0.4, -0.2) is 52.9 Å². The minimum absolute atomic E-state index is 0.00171. The molecule has 0 spiro atoms. The third kappa shape index (κ3) is 2.98. The average molecular weight is 281 g/mol. The molecule has 1 rings (SSSR count). The fourth-order valence-corrected chi connectivity index (χ4v) is 2.02. The lowest BCUT2D eigenvalue weighted by Gasteiger charge is -2.20. The van der Waals surface area contributed by atoms with Gasteiger partial charge >= 0.3 is 5.97 Å². The van der Waals surface area contributed by atoms with Crippen LogP contribution in [0.4, 0.5) is 0 Å². The number of carbonyl (C=O) groups is 3. The monoisotopic (exact) mass is 281 g/mol. The molecule has 0 atom stereocenters. The van der Waals surface area contributed by atoms with E-state index in [1.54, 1.807) is 20.8 Å². The number of nitrogens with zero attached hydrogens (tertiary/aromatic N) is 1. The molecule has 0 aliphatic heterocycles. The number of rotatable bonds is 5. The Bertz CT molecular complexity index is 548. The van der Waals surface area contributed by atoms with Gasteiger partial charge in [0.05, 0.1) is 12.1 Å². The first-order chi connectivity index (χ1) is 9.33. The summed E-state index contributed by atoms with van der Waals surface area (Å²) in [4.78, 5) is 38.9. The fourth-order valence-electron chi connectivity index (χ4n) is 2.02. The van der Waals surface area contributed by atoms with Gasteiger partial charge in [0.1, 0.15) is 5.69 Å². The zero-order chi connectivity index (χ0) is 15.4. The van der Waals surface area contributed by atoms with Gasteiger partial charge in [0, 0.05) is 19.3 Å². The van der Waals surface area contributed by atoms with E-state index in [-0.39, 0.29) is 24.1 Å². The van der Waals surface area contributed by atoms with Gasteiger partial charge in [0.25, 0.3) is 5.91 Å². The van der Waals surface area contributed by atoms with Crippen molar-refractivity contribution in [1.82, 2.24) is 15.2 Å². The maximum absolute atomic E-state index is 12.4. The lowest BCUT2D eigenvalue weighted by molar-refractivity contribution is -0.121. The summed E-state index contributed by atoms with van der Waals surface area (Å²) in [6, 6.07) is 0. The Morgan fingerprint density at radius 3 is 2.30 bits per heavy atom. The maximum Gasteiger partial charge on any atom is 0.352 e. The van der Waals surface area contributed by atoms with Gasteiger partial charge in [-0.2, -0.15) is 0 Å². The van der Waals surface area contributed by atoms with Gasteiger partial charge in [-0.15, -0.1) is 0 Å². The van der Waals surface area contributed by atoms with E-state index >= 15 is 0 Å². The summed E-state index contributed by atoms with van der Waals surface area (Å²) in [5.74, 6) is -1.74. The fraction of sp³-hybridized carbons (Fsp3) is 0.462. The summed E-state index contributed by atoms with van der Waals surface area (Å²) < 4.78 is 0. The van der Waals surface area contributed by atoms with Crippen molar-refractivity contribution in [1.29, 1.82) is 0 Å². The maximum atomic E-state index is 12.4. The van der Waals surface area contributed by atoms with Gasteiger partial charge in [0.15, 0.2) is 0 Å². The summed E-state index contributed by atoms with van der Waals surface area (Å²) in [5, 5.41) is 11.5. The molecular formula is C13H19N3O4. The summed E-state index contributed by atoms with van der Waals surface area (Å²) in [6.07, 6.45) is 0. The van der Waals surface area contributed by atoms with Gasteiger partial charge in [-0.05, 0) is 26.3 Å². The molecule has 0 saturated heterocycles. The molecule has 1 aromatic rings. The van der Waals surface area contributed by atoms with E-state index in [4.69, 9.17) is 5.11 Å². The third-order valence-corrected chi connectivity index (χ3v) is 3.15. The second-order valence-electron chi connectivity index (χ2n) is 4.42. The van der Waals surface area contributed by atoms with E-state index in [1.807, 2.05) is 0 Å². The highest BCUT2D eigenvalue weighted by Gasteiger charge is 2.25. The number of aromatic amines is 1. The smallest absolute Gasteiger partial charge is 0.352 e.